The Morgan fingerprint density at radius 3 is 2.80 bits per heavy atom. The molecule has 0 amide bonds. The first kappa shape index (κ1) is 10.7. The van der Waals surface area contributed by atoms with Crippen molar-refractivity contribution in [2.24, 2.45) is 0 Å². The topological polar surface area (TPSA) is 18.5 Å². The van der Waals surface area contributed by atoms with Crippen molar-refractivity contribution in [3.8, 4) is 0 Å². The van der Waals surface area contributed by atoms with E-state index in [1.54, 1.807) is 7.11 Å². The lowest BCUT2D eigenvalue weighted by molar-refractivity contribution is 0.0252. The van der Waals surface area contributed by atoms with E-state index in [0.29, 0.717) is 12.2 Å². The zero-order valence-electron chi connectivity index (χ0n) is 9.19. The molecule has 2 atom stereocenters. The van der Waals surface area contributed by atoms with E-state index < -0.39 is 0 Å². The van der Waals surface area contributed by atoms with Crippen molar-refractivity contribution in [1.29, 1.82) is 0 Å². The minimum Gasteiger partial charge on any atom is -0.385 e. The van der Waals surface area contributed by atoms with Crippen LogP contribution in [0.25, 0.3) is 0 Å². The van der Waals surface area contributed by atoms with Crippen LogP contribution in [0.15, 0.2) is 30.3 Å². The standard InChI is InChI=1S/C13H18O2/c1-14-10-9-12-7-8-13(15-12)11-5-3-2-4-6-11/h2-6,12-13H,7-10H2,1H3/t12?,13-/m0/s1. The monoisotopic (exact) mass is 206 g/mol. The van der Waals surface area contributed by atoms with Gasteiger partial charge in [0.05, 0.1) is 12.2 Å². The Labute approximate surface area is 91.2 Å². The van der Waals surface area contributed by atoms with Gasteiger partial charge in [-0.1, -0.05) is 30.3 Å². The summed E-state index contributed by atoms with van der Waals surface area (Å²) in [5.74, 6) is 0. The van der Waals surface area contributed by atoms with E-state index in [2.05, 4.69) is 24.3 Å². The zero-order chi connectivity index (χ0) is 10.5. The first-order chi connectivity index (χ1) is 7.40. The Morgan fingerprint density at radius 2 is 2.07 bits per heavy atom. The predicted octanol–water partition coefficient (Wildman–Crippen LogP) is 2.94. The van der Waals surface area contributed by atoms with Gasteiger partial charge in [-0.15, -0.1) is 0 Å². The molecule has 1 aliphatic rings. The molecule has 15 heavy (non-hydrogen) atoms. The van der Waals surface area contributed by atoms with Crippen LogP contribution in [0.4, 0.5) is 0 Å². The summed E-state index contributed by atoms with van der Waals surface area (Å²) in [6.45, 7) is 0.798. The van der Waals surface area contributed by atoms with Crippen LogP contribution in [0.1, 0.15) is 30.9 Å². The third-order valence-electron chi connectivity index (χ3n) is 2.92. The number of rotatable bonds is 4. The van der Waals surface area contributed by atoms with Crippen LogP contribution < -0.4 is 0 Å². The second-order valence-electron chi connectivity index (χ2n) is 4.02. The van der Waals surface area contributed by atoms with E-state index in [1.165, 1.54) is 5.56 Å². The highest BCUT2D eigenvalue weighted by atomic mass is 16.5. The van der Waals surface area contributed by atoms with Gasteiger partial charge in [-0.05, 0) is 24.8 Å². The Morgan fingerprint density at radius 1 is 1.27 bits per heavy atom. The molecule has 1 saturated heterocycles. The van der Waals surface area contributed by atoms with Crippen molar-refractivity contribution in [2.45, 2.75) is 31.5 Å². The van der Waals surface area contributed by atoms with Crippen molar-refractivity contribution >= 4 is 0 Å². The van der Waals surface area contributed by atoms with Crippen molar-refractivity contribution in [2.75, 3.05) is 13.7 Å². The van der Waals surface area contributed by atoms with Crippen LogP contribution in [-0.4, -0.2) is 19.8 Å². The summed E-state index contributed by atoms with van der Waals surface area (Å²) >= 11 is 0. The molecule has 1 unspecified atom stereocenters. The molecule has 2 heteroatoms. The zero-order valence-corrected chi connectivity index (χ0v) is 9.19. The summed E-state index contributed by atoms with van der Waals surface area (Å²) in [5, 5.41) is 0. The third kappa shape index (κ3) is 2.80. The molecule has 0 radical (unpaired) electrons. The van der Waals surface area contributed by atoms with E-state index in [4.69, 9.17) is 9.47 Å². The molecule has 1 aromatic carbocycles. The molecule has 1 heterocycles. The van der Waals surface area contributed by atoms with Crippen LogP contribution in [0.2, 0.25) is 0 Å². The summed E-state index contributed by atoms with van der Waals surface area (Å²) in [5.41, 5.74) is 1.30. The lowest BCUT2D eigenvalue weighted by Crippen LogP contribution is -2.09. The first-order valence-electron chi connectivity index (χ1n) is 5.59. The number of benzene rings is 1. The van der Waals surface area contributed by atoms with E-state index in [0.717, 1.165) is 25.9 Å². The normalized spacial score (nSPS) is 25.7. The second-order valence-corrected chi connectivity index (χ2v) is 4.02. The van der Waals surface area contributed by atoms with Gasteiger partial charge in [0.2, 0.25) is 0 Å². The van der Waals surface area contributed by atoms with Gasteiger partial charge in [-0.2, -0.15) is 0 Å². The number of methoxy groups -OCH3 is 1. The maximum atomic E-state index is 5.97. The molecule has 2 rings (SSSR count). The minimum absolute atomic E-state index is 0.299. The lowest BCUT2D eigenvalue weighted by atomic mass is 10.1. The van der Waals surface area contributed by atoms with Crippen LogP contribution in [0.3, 0.4) is 0 Å². The number of hydrogen-bond donors (Lipinski definition) is 0. The molecule has 1 aromatic rings. The largest absolute Gasteiger partial charge is 0.385 e. The number of hydrogen-bond acceptors (Lipinski definition) is 2. The SMILES string of the molecule is COCCC1CC[C@@H](c2ccccc2)O1. The van der Waals surface area contributed by atoms with E-state index in [9.17, 15) is 0 Å². The number of ether oxygens (including phenoxy) is 2. The fraction of sp³-hybridized carbons (Fsp3) is 0.538. The smallest absolute Gasteiger partial charge is 0.0829 e. The average molecular weight is 206 g/mol. The summed E-state index contributed by atoms with van der Waals surface area (Å²) in [7, 11) is 1.74. The van der Waals surface area contributed by atoms with E-state index >= 15 is 0 Å². The molecule has 0 aromatic heterocycles. The molecule has 1 aliphatic heterocycles. The van der Waals surface area contributed by atoms with Gasteiger partial charge in [-0.3, -0.25) is 0 Å². The molecular formula is C13H18O2. The fourth-order valence-corrected chi connectivity index (χ4v) is 2.08. The van der Waals surface area contributed by atoms with Crippen molar-refractivity contribution in [1.82, 2.24) is 0 Å². The highest BCUT2D eigenvalue weighted by Gasteiger charge is 2.25. The first-order valence-corrected chi connectivity index (χ1v) is 5.59. The molecular weight excluding hydrogens is 188 g/mol. The van der Waals surface area contributed by atoms with Gasteiger partial charge in [0.1, 0.15) is 0 Å². The third-order valence-corrected chi connectivity index (χ3v) is 2.92. The van der Waals surface area contributed by atoms with Gasteiger partial charge in [0.25, 0.3) is 0 Å². The molecule has 0 spiro atoms. The summed E-state index contributed by atoms with van der Waals surface area (Å²) in [6.07, 6.45) is 3.99. The van der Waals surface area contributed by atoms with Crippen molar-refractivity contribution in [3.05, 3.63) is 35.9 Å². The molecule has 82 valence electrons. The van der Waals surface area contributed by atoms with Crippen LogP contribution >= 0.6 is 0 Å². The second kappa shape index (κ2) is 5.29. The van der Waals surface area contributed by atoms with Crippen molar-refractivity contribution in [3.63, 3.8) is 0 Å². The van der Waals surface area contributed by atoms with Gasteiger partial charge in [0.15, 0.2) is 0 Å². The van der Waals surface area contributed by atoms with Gasteiger partial charge in [0, 0.05) is 13.7 Å². The Kier molecular flexibility index (Phi) is 3.75. The van der Waals surface area contributed by atoms with E-state index in [-0.39, 0.29) is 0 Å². The molecule has 0 aliphatic carbocycles. The van der Waals surface area contributed by atoms with Gasteiger partial charge in [-0.25, -0.2) is 0 Å². The minimum atomic E-state index is 0.299. The summed E-state index contributed by atoms with van der Waals surface area (Å²) < 4.78 is 11.0. The highest BCUT2D eigenvalue weighted by Crippen LogP contribution is 2.33. The fourth-order valence-electron chi connectivity index (χ4n) is 2.08. The molecule has 0 bridgehead atoms. The maximum Gasteiger partial charge on any atom is 0.0829 e. The average Bonchev–Trinajstić information content (AvgIpc) is 2.76. The maximum absolute atomic E-state index is 5.97. The van der Waals surface area contributed by atoms with Crippen LogP contribution in [0.5, 0.6) is 0 Å². The van der Waals surface area contributed by atoms with Crippen LogP contribution in [0, 0.1) is 0 Å². The summed E-state index contributed by atoms with van der Waals surface area (Å²) in [4.78, 5) is 0. The molecule has 0 saturated carbocycles. The molecule has 1 fully saturated rings. The Bertz CT molecular complexity index is 284. The molecule has 0 N–H and O–H groups in total. The van der Waals surface area contributed by atoms with Gasteiger partial charge >= 0.3 is 0 Å². The lowest BCUT2D eigenvalue weighted by Gasteiger charge is -2.13. The quantitative estimate of drug-likeness (QED) is 0.754. The van der Waals surface area contributed by atoms with E-state index in [1.807, 2.05) is 6.07 Å². The highest BCUT2D eigenvalue weighted by molar-refractivity contribution is 5.18. The Hall–Kier alpha value is -0.860. The molecule has 2 nitrogen and oxygen atoms in total. The van der Waals surface area contributed by atoms with Crippen LogP contribution in [-0.2, 0) is 9.47 Å². The van der Waals surface area contributed by atoms with Gasteiger partial charge < -0.3 is 9.47 Å². The van der Waals surface area contributed by atoms with Crippen molar-refractivity contribution < 1.29 is 9.47 Å². The Balaban J connectivity index is 1.87. The predicted molar refractivity (Wildman–Crippen MR) is 59.8 cm³/mol. The summed E-state index contributed by atoms with van der Waals surface area (Å²) in [6, 6.07) is 10.5.